The SMILES string of the molecule is Cc1cc(F)ccc1CNc1cc(C(N)=O)ccc1Cl. The summed E-state index contributed by atoms with van der Waals surface area (Å²) in [5.41, 5.74) is 8.03. The second-order valence-electron chi connectivity index (χ2n) is 4.48. The van der Waals surface area contributed by atoms with Crippen LogP contribution in [0, 0.1) is 12.7 Å². The molecule has 0 aromatic heterocycles. The minimum absolute atomic E-state index is 0.264. The van der Waals surface area contributed by atoms with Gasteiger partial charge in [0.25, 0.3) is 0 Å². The topological polar surface area (TPSA) is 55.1 Å². The zero-order valence-electron chi connectivity index (χ0n) is 10.9. The second kappa shape index (κ2) is 5.92. The average Bonchev–Trinajstić information content (AvgIpc) is 2.39. The highest BCUT2D eigenvalue weighted by molar-refractivity contribution is 6.33. The molecule has 1 amide bonds. The molecule has 0 aliphatic heterocycles. The molecule has 2 aromatic carbocycles. The van der Waals surface area contributed by atoms with Crippen LogP contribution in [0.25, 0.3) is 0 Å². The molecule has 0 atom stereocenters. The number of aryl methyl sites for hydroxylation is 1. The molecule has 0 spiro atoms. The van der Waals surface area contributed by atoms with E-state index in [0.29, 0.717) is 22.8 Å². The van der Waals surface area contributed by atoms with E-state index in [1.165, 1.54) is 12.1 Å². The first-order valence-electron chi connectivity index (χ1n) is 6.05. The van der Waals surface area contributed by atoms with Crippen LogP contribution in [0.2, 0.25) is 5.02 Å². The molecule has 0 saturated heterocycles. The normalized spacial score (nSPS) is 10.3. The monoisotopic (exact) mass is 292 g/mol. The highest BCUT2D eigenvalue weighted by Gasteiger charge is 2.06. The predicted octanol–water partition coefficient (Wildman–Crippen LogP) is 3.50. The Balaban J connectivity index is 2.18. The van der Waals surface area contributed by atoms with Crippen molar-refractivity contribution in [3.63, 3.8) is 0 Å². The summed E-state index contributed by atoms with van der Waals surface area (Å²) in [5.74, 6) is -0.775. The largest absolute Gasteiger partial charge is 0.380 e. The third kappa shape index (κ3) is 3.27. The van der Waals surface area contributed by atoms with Crippen molar-refractivity contribution < 1.29 is 9.18 Å². The Morgan fingerprint density at radius 3 is 2.70 bits per heavy atom. The van der Waals surface area contributed by atoms with E-state index in [0.717, 1.165) is 11.1 Å². The van der Waals surface area contributed by atoms with E-state index < -0.39 is 5.91 Å². The Morgan fingerprint density at radius 1 is 1.30 bits per heavy atom. The molecule has 0 aliphatic rings. The van der Waals surface area contributed by atoms with Crippen molar-refractivity contribution >= 4 is 23.2 Å². The molecule has 0 heterocycles. The lowest BCUT2D eigenvalue weighted by Crippen LogP contribution is -2.11. The Morgan fingerprint density at radius 2 is 2.05 bits per heavy atom. The fourth-order valence-corrected chi connectivity index (χ4v) is 2.05. The fraction of sp³-hybridized carbons (Fsp3) is 0.133. The van der Waals surface area contributed by atoms with E-state index in [1.54, 1.807) is 24.3 Å². The number of hydrogen-bond acceptors (Lipinski definition) is 2. The maximum atomic E-state index is 13.0. The molecule has 104 valence electrons. The second-order valence-corrected chi connectivity index (χ2v) is 4.89. The summed E-state index contributed by atoms with van der Waals surface area (Å²) in [6.45, 7) is 2.32. The van der Waals surface area contributed by atoms with Gasteiger partial charge in [-0.1, -0.05) is 17.7 Å². The third-order valence-electron chi connectivity index (χ3n) is 3.02. The maximum absolute atomic E-state index is 13.0. The molecule has 0 unspecified atom stereocenters. The minimum Gasteiger partial charge on any atom is -0.380 e. The molecule has 20 heavy (non-hydrogen) atoms. The quantitative estimate of drug-likeness (QED) is 0.906. The standard InChI is InChI=1S/C15H14ClFN2O/c1-9-6-12(17)4-2-11(9)8-19-14-7-10(15(18)20)3-5-13(14)16/h2-7,19H,8H2,1H3,(H2,18,20). The molecule has 5 heteroatoms. The summed E-state index contributed by atoms with van der Waals surface area (Å²) < 4.78 is 13.0. The summed E-state index contributed by atoms with van der Waals surface area (Å²) >= 11 is 6.06. The van der Waals surface area contributed by atoms with Crippen LogP contribution in [0.1, 0.15) is 21.5 Å². The van der Waals surface area contributed by atoms with Gasteiger partial charge in [0.2, 0.25) is 5.91 Å². The molecule has 2 aromatic rings. The smallest absolute Gasteiger partial charge is 0.248 e. The van der Waals surface area contributed by atoms with Gasteiger partial charge in [-0.2, -0.15) is 0 Å². The minimum atomic E-state index is -0.511. The number of benzene rings is 2. The lowest BCUT2D eigenvalue weighted by Gasteiger charge is -2.11. The molecular weight excluding hydrogens is 279 g/mol. The number of nitrogens with two attached hydrogens (primary N) is 1. The number of halogens is 2. The Labute approximate surface area is 121 Å². The molecule has 0 fully saturated rings. The summed E-state index contributed by atoms with van der Waals surface area (Å²) in [4.78, 5) is 11.1. The van der Waals surface area contributed by atoms with E-state index in [-0.39, 0.29) is 5.82 Å². The van der Waals surface area contributed by atoms with E-state index in [1.807, 2.05) is 6.92 Å². The van der Waals surface area contributed by atoms with Gasteiger partial charge in [0.15, 0.2) is 0 Å². The zero-order chi connectivity index (χ0) is 14.7. The van der Waals surface area contributed by atoms with Crippen LogP contribution in [0.4, 0.5) is 10.1 Å². The number of carbonyl (C=O) groups excluding carboxylic acids is 1. The van der Waals surface area contributed by atoms with E-state index in [2.05, 4.69) is 5.32 Å². The predicted molar refractivity (Wildman–Crippen MR) is 78.4 cm³/mol. The number of amides is 1. The molecule has 2 rings (SSSR count). The molecular formula is C15H14ClFN2O. The van der Waals surface area contributed by atoms with Crippen LogP contribution < -0.4 is 11.1 Å². The number of anilines is 1. The number of carbonyl (C=O) groups is 1. The molecule has 3 nitrogen and oxygen atoms in total. The first kappa shape index (κ1) is 14.3. The number of rotatable bonds is 4. The number of hydrogen-bond donors (Lipinski definition) is 2. The Bertz CT molecular complexity index is 658. The summed E-state index contributed by atoms with van der Waals surface area (Å²) in [6, 6.07) is 9.37. The number of nitrogens with one attached hydrogen (secondary N) is 1. The van der Waals surface area contributed by atoms with Crippen LogP contribution in [-0.4, -0.2) is 5.91 Å². The van der Waals surface area contributed by atoms with Gasteiger partial charge in [0.1, 0.15) is 5.82 Å². The summed E-state index contributed by atoms with van der Waals surface area (Å²) in [5, 5.41) is 3.62. The summed E-state index contributed by atoms with van der Waals surface area (Å²) in [6.07, 6.45) is 0. The van der Waals surface area contributed by atoms with Crippen molar-refractivity contribution in [3.8, 4) is 0 Å². The Kier molecular flexibility index (Phi) is 4.25. The van der Waals surface area contributed by atoms with Crippen LogP contribution in [0.5, 0.6) is 0 Å². The van der Waals surface area contributed by atoms with Gasteiger partial charge in [-0.25, -0.2) is 4.39 Å². The average molecular weight is 293 g/mol. The van der Waals surface area contributed by atoms with E-state index >= 15 is 0 Å². The lowest BCUT2D eigenvalue weighted by molar-refractivity contribution is 0.100. The first-order chi connectivity index (χ1) is 9.47. The van der Waals surface area contributed by atoms with Crippen LogP contribution >= 0.6 is 11.6 Å². The first-order valence-corrected chi connectivity index (χ1v) is 6.43. The van der Waals surface area contributed by atoms with Gasteiger partial charge >= 0.3 is 0 Å². The van der Waals surface area contributed by atoms with Crippen LogP contribution in [0.15, 0.2) is 36.4 Å². The third-order valence-corrected chi connectivity index (χ3v) is 3.35. The van der Waals surface area contributed by atoms with Gasteiger partial charge < -0.3 is 11.1 Å². The highest BCUT2D eigenvalue weighted by Crippen LogP contribution is 2.24. The molecule has 3 N–H and O–H groups in total. The molecule has 0 bridgehead atoms. The highest BCUT2D eigenvalue weighted by atomic mass is 35.5. The van der Waals surface area contributed by atoms with Gasteiger partial charge in [0, 0.05) is 12.1 Å². The van der Waals surface area contributed by atoms with E-state index in [9.17, 15) is 9.18 Å². The van der Waals surface area contributed by atoms with Gasteiger partial charge in [-0.15, -0.1) is 0 Å². The molecule has 0 aliphatic carbocycles. The molecule has 0 radical (unpaired) electrons. The van der Waals surface area contributed by atoms with Crippen molar-refractivity contribution in [2.45, 2.75) is 13.5 Å². The van der Waals surface area contributed by atoms with Crippen molar-refractivity contribution in [2.24, 2.45) is 5.73 Å². The van der Waals surface area contributed by atoms with Gasteiger partial charge in [0.05, 0.1) is 10.7 Å². The summed E-state index contributed by atoms with van der Waals surface area (Å²) in [7, 11) is 0. The lowest BCUT2D eigenvalue weighted by atomic mass is 10.1. The van der Waals surface area contributed by atoms with Gasteiger partial charge in [-0.3, -0.25) is 4.79 Å². The van der Waals surface area contributed by atoms with Crippen molar-refractivity contribution in [2.75, 3.05) is 5.32 Å². The Hall–Kier alpha value is -2.07. The molecule has 0 saturated carbocycles. The van der Waals surface area contributed by atoms with Crippen LogP contribution in [0.3, 0.4) is 0 Å². The maximum Gasteiger partial charge on any atom is 0.248 e. The van der Waals surface area contributed by atoms with Crippen molar-refractivity contribution in [1.29, 1.82) is 0 Å². The fourth-order valence-electron chi connectivity index (χ4n) is 1.86. The van der Waals surface area contributed by atoms with Crippen LogP contribution in [-0.2, 0) is 6.54 Å². The van der Waals surface area contributed by atoms with E-state index in [4.69, 9.17) is 17.3 Å². The van der Waals surface area contributed by atoms with Crippen molar-refractivity contribution in [3.05, 3.63) is 63.9 Å². The number of primary amides is 1. The van der Waals surface area contributed by atoms with Crippen molar-refractivity contribution in [1.82, 2.24) is 0 Å². The van der Waals surface area contributed by atoms with Gasteiger partial charge in [-0.05, 0) is 48.4 Å². The zero-order valence-corrected chi connectivity index (χ0v) is 11.7.